The molecule has 1 aromatic carbocycles. The van der Waals surface area contributed by atoms with Crippen LogP contribution in [0.15, 0.2) is 17.7 Å². The van der Waals surface area contributed by atoms with Crippen molar-refractivity contribution in [2.45, 2.75) is 31.2 Å². The van der Waals surface area contributed by atoms with E-state index in [9.17, 15) is 39.9 Å². The van der Waals surface area contributed by atoms with Crippen LogP contribution in [0.3, 0.4) is 0 Å². The highest BCUT2D eigenvalue weighted by molar-refractivity contribution is 6.32. The van der Waals surface area contributed by atoms with E-state index >= 15 is 0 Å². The molecule has 7 N–H and O–H groups in total. The van der Waals surface area contributed by atoms with Crippen LogP contribution >= 0.6 is 11.6 Å². The van der Waals surface area contributed by atoms with E-state index in [2.05, 4.69) is 0 Å². The van der Waals surface area contributed by atoms with Crippen LogP contribution in [0, 0.1) is 23.7 Å². The summed E-state index contributed by atoms with van der Waals surface area (Å²) in [6.07, 6.45) is -3.11. The summed E-state index contributed by atoms with van der Waals surface area (Å²) in [5.74, 6) is -9.67. The summed E-state index contributed by atoms with van der Waals surface area (Å²) in [6.45, 7) is 1.46. The lowest BCUT2D eigenvalue weighted by Gasteiger charge is -2.52. The molecule has 0 saturated heterocycles. The molecule has 160 valence electrons. The van der Waals surface area contributed by atoms with Crippen molar-refractivity contribution in [2.75, 3.05) is 0 Å². The quantitative estimate of drug-likeness (QED) is 0.332. The van der Waals surface area contributed by atoms with E-state index in [-0.39, 0.29) is 22.6 Å². The van der Waals surface area contributed by atoms with Crippen molar-refractivity contribution in [3.63, 3.8) is 0 Å². The molecule has 0 bridgehead atoms. The molecule has 3 aliphatic rings. The van der Waals surface area contributed by atoms with Gasteiger partial charge >= 0.3 is 0 Å². The number of hydrogen-bond donors (Lipinski definition) is 6. The van der Waals surface area contributed by atoms with Crippen LogP contribution in [0.1, 0.15) is 30.6 Å². The molecule has 9 nitrogen and oxygen atoms in total. The first-order valence-electron chi connectivity index (χ1n) is 9.36. The highest BCUT2D eigenvalue weighted by Gasteiger charge is 2.67. The molecular weight excluding hydrogens is 418 g/mol. The summed E-state index contributed by atoms with van der Waals surface area (Å²) in [5, 5.41) is 53.6. The summed E-state index contributed by atoms with van der Waals surface area (Å²) >= 11 is 6.15. The van der Waals surface area contributed by atoms with Crippen LogP contribution in [0.25, 0.3) is 5.76 Å². The Morgan fingerprint density at radius 2 is 1.87 bits per heavy atom. The minimum atomic E-state index is -2.72. The maximum atomic E-state index is 13.4. The topological polar surface area (TPSA) is 178 Å². The molecule has 1 amide bonds. The van der Waals surface area contributed by atoms with Crippen molar-refractivity contribution in [1.29, 1.82) is 0 Å². The number of aliphatic hydroxyl groups excluding tert-OH is 3. The predicted molar refractivity (Wildman–Crippen MR) is 102 cm³/mol. The monoisotopic (exact) mass is 437 g/mol. The number of amides is 1. The number of rotatable bonds is 1. The Morgan fingerprint density at radius 3 is 2.47 bits per heavy atom. The zero-order valence-electron chi connectivity index (χ0n) is 15.7. The van der Waals surface area contributed by atoms with Crippen molar-refractivity contribution < 1.29 is 39.9 Å². The number of benzene rings is 1. The molecule has 0 aliphatic heterocycles. The van der Waals surface area contributed by atoms with Gasteiger partial charge in [-0.2, -0.15) is 0 Å². The maximum Gasteiger partial charge on any atom is 0.230 e. The van der Waals surface area contributed by atoms with Crippen LogP contribution < -0.4 is 5.73 Å². The second-order valence-electron chi connectivity index (χ2n) is 8.20. The van der Waals surface area contributed by atoms with Gasteiger partial charge in [-0.15, -0.1) is 0 Å². The number of ketones is 2. The number of fused-ring (bicyclic) bond motifs is 3. The summed E-state index contributed by atoms with van der Waals surface area (Å²) < 4.78 is 0. The van der Waals surface area contributed by atoms with Crippen molar-refractivity contribution >= 4 is 34.8 Å². The molecule has 0 aromatic heterocycles. The van der Waals surface area contributed by atoms with Gasteiger partial charge in [0.2, 0.25) is 11.7 Å². The number of carbonyl (C=O) groups excluding carboxylic acids is 3. The van der Waals surface area contributed by atoms with Crippen LogP contribution in [-0.4, -0.2) is 54.7 Å². The number of primary amides is 1. The fourth-order valence-electron chi connectivity index (χ4n) is 5.25. The first-order chi connectivity index (χ1) is 13.9. The van der Waals surface area contributed by atoms with E-state index in [4.69, 9.17) is 17.3 Å². The Hall–Kier alpha value is -2.46. The first-order valence-corrected chi connectivity index (χ1v) is 9.74. The molecule has 30 heavy (non-hydrogen) atoms. The van der Waals surface area contributed by atoms with E-state index in [1.165, 1.54) is 19.1 Å². The fraction of sp³-hybridized carbons (Fsp3) is 0.450. The van der Waals surface area contributed by atoms with Gasteiger partial charge in [0.05, 0.1) is 17.8 Å². The third kappa shape index (κ3) is 2.37. The summed E-state index contributed by atoms with van der Waals surface area (Å²) in [7, 11) is 0. The molecule has 2 saturated carbocycles. The molecule has 7 unspecified atom stereocenters. The predicted octanol–water partition coefficient (Wildman–Crippen LogP) is -0.0208. The lowest BCUT2D eigenvalue weighted by molar-refractivity contribution is -0.184. The molecule has 7 atom stereocenters. The normalized spacial score (nSPS) is 38.0. The van der Waals surface area contributed by atoms with Crippen LogP contribution in [0.4, 0.5) is 0 Å². The number of carbonyl (C=O) groups is 3. The largest absolute Gasteiger partial charge is 0.507 e. The first kappa shape index (κ1) is 20.8. The lowest BCUT2D eigenvalue weighted by Crippen LogP contribution is -2.69. The third-order valence-corrected chi connectivity index (χ3v) is 7.15. The van der Waals surface area contributed by atoms with Gasteiger partial charge in [-0.3, -0.25) is 14.4 Å². The fourth-order valence-corrected chi connectivity index (χ4v) is 5.52. The number of hydrogen-bond acceptors (Lipinski definition) is 8. The summed E-state index contributed by atoms with van der Waals surface area (Å²) in [5.41, 5.74) is 1.82. The van der Waals surface area contributed by atoms with Gasteiger partial charge in [-0.1, -0.05) is 18.5 Å². The van der Waals surface area contributed by atoms with E-state index in [0.29, 0.717) is 0 Å². The van der Waals surface area contributed by atoms with Gasteiger partial charge in [-0.25, -0.2) is 0 Å². The molecule has 0 spiro atoms. The highest BCUT2D eigenvalue weighted by Crippen LogP contribution is 2.56. The number of aromatic hydroxyl groups is 1. The molecule has 4 rings (SSSR count). The Bertz CT molecular complexity index is 1040. The number of halogens is 1. The van der Waals surface area contributed by atoms with Crippen LogP contribution in [0.5, 0.6) is 5.75 Å². The van der Waals surface area contributed by atoms with Gasteiger partial charge in [0.15, 0.2) is 11.4 Å². The molecule has 0 heterocycles. The summed E-state index contributed by atoms with van der Waals surface area (Å²) in [6, 6.07) is 2.50. The van der Waals surface area contributed by atoms with Crippen LogP contribution in [0.2, 0.25) is 5.02 Å². The van der Waals surface area contributed by atoms with E-state index in [0.717, 1.165) is 0 Å². The zero-order chi connectivity index (χ0) is 22.3. The van der Waals surface area contributed by atoms with Crippen molar-refractivity contribution in [1.82, 2.24) is 0 Å². The minimum Gasteiger partial charge on any atom is -0.507 e. The smallest absolute Gasteiger partial charge is 0.230 e. The van der Waals surface area contributed by atoms with Gasteiger partial charge in [-0.05, 0) is 24.5 Å². The molecule has 1 aromatic rings. The number of phenols is 1. The van der Waals surface area contributed by atoms with E-state index < -0.39 is 76.0 Å². The van der Waals surface area contributed by atoms with Crippen molar-refractivity contribution in [2.24, 2.45) is 29.4 Å². The van der Waals surface area contributed by atoms with Crippen molar-refractivity contribution in [3.8, 4) is 5.75 Å². The average molecular weight is 438 g/mol. The number of Topliss-reactive ketones (excluding diaryl/α,β-unsaturated/α-hetero) is 2. The molecule has 10 heteroatoms. The van der Waals surface area contributed by atoms with Gasteiger partial charge in [0.1, 0.15) is 17.4 Å². The van der Waals surface area contributed by atoms with Gasteiger partial charge in [0.25, 0.3) is 0 Å². The van der Waals surface area contributed by atoms with E-state index in [1.807, 2.05) is 0 Å². The lowest BCUT2D eigenvalue weighted by atomic mass is 9.53. The molecular formula is C20H20ClNO8. The van der Waals surface area contributed by atoms with Gasteiger partial charge < -0.3 is 31.3 Å². The Kier molecular flexibility index (Phi) is 4.52. The number of phenolic OH excluding ortho intramolecular Hbond substituents is 1. The maximum absolute atomic E-state index is 13.4. The average Bonchev–Trinajstić information content (AvgIpc) is 2.67. The van der Waals surface area contributed by atoms with Gasteiger partial charge in [0, 0.05) is 28.0 Å². The summed E-state index contributed by atoms with van der Waals surface area (Å²) in [4.78, 5) is 38.1. The SMILES string of the molecule is CC1C(O)C(C(N)=O)C(=O)C2(O)C(=O)C3=C(O)c4c(O)ccc(Cl)c4C(O)C3CC12. The standard InChI is InChI=1S/C20H20ClNO8/c1-5-7-4-6-10(16(26)12-9(23)3-2-8(21)11(12)15(6)25)17(27)20(7,30)18(28)13(14(5)24)19(22)29/h2-3,5-7,13-15,23-26,30H,4H2,1H3,(H2,22,29). The van der Waals surface area contributed by atoms with Crippen LogP contribution in [-0.2, 0) is 14.4 Å². The highest BCUT2D eigenvalue weighted by atomic mass is 35.5. The zero-order valence-corrected chi connectivity index (χ0v) is 16.5. The number of nitrogens with two attached hydrogens (primary N) is 1. The second kappa shape index (κ2) is 6.52. The van der Waals surface area contributed by atoms with E-state index in [1.54, 1.807) is 0 Å². The Morgan fingerprint density at radius 1 is 1.23 bits per heavy atom. The molecule has 0 radical (unpaired) electrons. The Balaban J connectivity index is 1.95. The Labute approximate surface area is 175 Å². The number of aliphatic hydroxyl groups is 4. The minimum absolute atomic E-state index is 0.0199. The molecule has 2 fully saturated rings. The molecule has 3 aliphatic carbocycles. The second-order valence-corrected chi connectivity index (χ2v) is 8.61. The van der Waals surface area contributed by atoms with Crippen molar-refractivity contribution in [3.05, 3.63) is 33.9 Å². The third-order valence-electron chi connectivity index (χ3n) is 6.82.